The van der Waals surface area contributed by atoms with Crippen LogP contribution in [0.3, 0.4) is 0 Å². The number of carbonyl (C=O) groups excluding carboxylic acids is 9. The minimum atomic E-state index is -1.29. The van der Waals surface area contributed by atoms with Gasteiger partial charge in [0.15, 0.2) is 48.6 Å². The average Bonchev–Trinajstić information content (AvgIpc) is 1.12. The van der Waals surface area contributed by atoms with E-state index in [0.717, 1.165) is 0 Å². The van der Waals surface area contributed by atoms with Crippen molar-refractivity contribution < 1.29 is 52.6 Å². The Labute approximate surface area is 557 Å². The molecule has 30 nitrogen and oxygen atoms in total. The molecule has 0 aliphatic carbocycles. The molecule has 34 heteroatoms. The SMILES string of the molecule is C=C(CC)C(=O)c1ccc(OCC(=O)N[C@@H](CCCN=C(N)N)C(=O)N[C@@H](CCCN=C(N)N)C(=O)NCc2cc(CNC(=O)[C@H](CCCN=C(N)N)NC(=O)[C@H](CCCN=C(N)N)NC(=O)COc3ccc(C(=O)C(=C)CC)c(Cl)c3Cl)cc(C(N)=O)c2)c(Cl)c1Cl. The number of rotatable bonds is 41. The molecule has 24 N–H and O–H groups in total. The van der Waals surface area contributed by atoms with E-state index in [1.165, 1.54) is 36.4 Å². The molecular formula is C59H81Cl4N19O11. The third-order valence-electron chi connectivity index (χ3n) is 13.4. The van der Waals surface area contributed by atoms with Crippen LogP contribution in [0.5, 0.6) is 11.5 Å². The lowest BCUT2D eigenvalue weighted by Crippen LogP contribution is -2.54. The number of ketones is 2. The van der Waals surface area contributed by atoms with Crippen LogP contribution in [0.15, 0.2) is 86.7 Å². The van der Waals surface area contributed by atoms with E-state index in [1.54, 1.807) is 19.9 Å². The molecule has 3 aromatic carbocycles. The first-order valence-electron chi connectivity index (χ1n) is 29.0. The summed E-state index contributed by atoms with van der Waals surface area (Å²) in [4.78, 5) is 137. The number of Topliss-reactive ketones (excluding diaryl/α,β-unsaturated/α-hetero) is 2. The summed E-state index contributed by atoms with van der Waals surface area (Å²) in [6, 6.07) is 4.66. The second kappa shape index (κ2) is 39.8. The number of hydrogen-bond donors (Lipinski definition) is 15. The fraction of sp³-hybridized carbons (Fsp3) is 0.407. The van der Waals surface area contributed by atoms with Gasteiger partial charge in [0.05, 0.1) is 10.0 Å². The number of nitrogens with one attached hydrogen (secondary N) is 6. The molecule has 0 bridgehead atoms. The lowest BCUT2D eigenvalue weighted by Gasteiger charge is -2.24. The maximum Gasteiger partial charge on any atom is 0.258 e. The maximum atomic E-state index is 14.1. The fourth-order valence-corrected chi connectivity index (χ4v) is 9.39. The zero-order chi connectivity index (χ0) is 69.5. The number of primary amides is 1. The molecule has 0 aliphatic rings. The molecule has 3 rings (SSSR count). The van der Waals surface area contributed by atoms with Gasteiger partial charge in [-0.15, -0.1) is 0 Å². The van der Waals surface area contributed by atoms with Crippen molar-refractivity contribution in [3.63, 3.8) is 0 Å². The molecule has 0 saturated carbocycles. The number of guanidine groups is 4. The number of allylic oxidation sites excluding steroid dienone is 2. The van der Waals surface area contributed by atoms with Crippen LogP contribution in [-0.4, -0.2) is 140 Å². The fourth-order valence-electron chi connectivity index (χ4n) is 8.47. The molecule has 4 atom stereocenters. The van der Waals surface area contributed by atoms with Crippen molar-refractivity contribution in [3.05, 3.63) is 115 Å². The first kappa shape index (κ1) is 77.9. The number of nitrogens with zero attached hydrogens (tertiary/aromatic N) is 4. The zero-order valence-corrected chi connectivity index (χ0v) is 54.5. The van der Waals surface area contributed by atoms with E-state index in [2.05, 4.69) is 65.0 Å². The van der Waals surface area contributed by atoms with Crippen LogP contribution in [0.1, 0.15) is 120 Å². The van der Waals surface area contributed by atoms with Crippen molar-refractivity contribution in [3.8, 4) is 11.5 Å². The molecule has 0 unspecified atom stereocenters. The monoisotopic (exact) mass is 1370 g/mol. The molecule has 506 valence electrons. The molecule has 0 heterocycles. The predicted molar refractivity (Wildman–Crippen MR) is 357 cm³/mol. The van der Waals surface area contributed by atoms with E-state index in [9.17, 15) is 43.2 Å². The Kier molecular flexibility index (Phi) is 33.3. The average molecular weight is 1370 g/mol. The number of benzene rings is 3. The zero-order valence-electron chi connectivity index (χ0n) is 51.5. The summed E-state index contributed by atoms with van der Waals surface area (Å²) >= 11 is 25.7. The summed E-state index contributed by atoms with van der Waals surface area (Å²) in [5.41, 5.74) is 51.3. The molecule has 0 aromatic heterocycles. The van der Waals surface area contributed by atoms with Crippen molar-refractivity contribution in [1.29, 1.82) is 0 Å². The van der Waals surface area contributed by atoms with E-state index < -0.39 is 90.3 Å². The van der Waals surface area contributed by atoms with Crippen molar-refractivity contribution in [2.75, 3.05) is 39.4 Å². The number of nitrogens with two attached hydrogens (primary N) is 9. The minimum absolute atomic E-state index is 0.0201. The maximum absolute atomic E-state index is 14.1. The van der Waals surface area contributed by atoms with Crippen LogP contribution < -0.4 is 93.0 Å². The largest absolute Gasteiger partial charge is 0.482 e. The van der Waals surface area contributed by atoms with Crippen LogP contribution >= 0.6 is 46.4 Å². The standard InChI is InChI=1S/C59H81Cl4N19O11/c1-5-30(3)49(85)35-15-17-41(47(62)45(35)60)92-28-43(83)79-39(13-9-21-75-58(69)70)54(90)81-37(11-7-19-73-56(65)66)52(88)77-26-32-23-33(25-34(24-32)51(64)87)27-78-53(89)38(12-8-20-74-57(67)68)82-55(91)40(14-10-22-76-59(71)72)80-44(84)29-93-42-18-16-36(46(61)48(42)63)50(86)31(4)6-2/h15-18,23-25,37-40H,3-14,19-22,26-29H2,1-2H3,(H2,64,87)(H,77,88)(H,78,89)(H,79,83)(H,80,84)(H,81,90)(H,82,91)(H4,65,66,73)(H4,67,68,74)(H4,69,70,75)(H4,71,72,76)/t37-,38-,39-,40-/m0/s1. The number of carbonyl (C=O) groups is 9. The number of hydrogen-bond acceptors (Lipinski definition) is 15. The van der Waals surface area contributed by atoms with Gasteiger partial charge in [0.1, 0.15) is 45.7 Å². The lowest BCUT2D eigenvalue weighted by molar-refractivity contribution is -0.133. The summed E-state index contributed by atoms with van der Waals surface area (Å²) in [5, 5.41) is 15.5. The number of ether oxygens (including phenoxy) is 2. The van der Waals surface area contributed by atoms with E-state index >= 15 is 0 Å². The van der Waals surface area contributed by atoms with Crippen LogP contribution in [0.2, 0.25) is 20.1 Å². The normalized spacial score (nSPS) is 11.9. The van der Waals surface area contributed by atoms with Crippen molar-refractivity contribution in [1.82, 2.24) is 31.9 Å². The molecular weight excluding hydrogens is 1290 g/mol. The van der Waals surface area contributed by atoms with Crippen molar-refractivity contribution in [2.24, 2.45) is 71.6 Å². The molecule has 93 heavy (non-hydrogen) atoms. The second-order valence-corrected chi connectivity index (χ2v) is 22.1. The van der Waals surface area contributed by atoms with Crippen LogP contribution in [0.25, 0.3) is 0 Å². The summed E-state index contributed by atoms with van der Waals surface area (Å²) in [6.07, 6.45) is 1.33. The summed E-state index contributed by atoms with van der Waals surface area (Å²) in [7, 11) is 0. The van der Waals surface area contributed by atoms with Crippen LogP contribution in [0.4, 0.5) is 0 Å². The summed E-state index contributed by atoms with van der Waals surface area (Å²) < 4.78 is 11.3. The van der Waals surface area contributed by atoms with Gasteiger partial charge in [-0.2, -0.15) is 0 Å². The third-order valence-corrected chi connectivity index (χ3v) is 15.1. The van der Waals surface area contributed by atoms with Gasteiger partial charge in [0, 0.05) is 56.0 Å². The molecule has 0 spiro atoms. The van der Waals surface area contributed by atoms with Gasteiger partial charge in [-0.1, -0.05) is 79.5 Å². The van der Waals surface area contributed by atoms with Crippen LogP contribution in [-0.2, 0) is 41.9 Å². The Morgan fingerprint density at radius 3 is 1.05 bits per heavy atom. The minimum Gasteiger partial charge on any atom is -0.482 e. The third kappa shape index (κ3) is 27.2. The van der Waals surface area contributed by atoms with Gasteiger partial charge in [0.2, 0.25) is 29.5 Å². The molecule has 0 aliphatic heterocycles. The molecule has 7 amide bonds. The quantitative estimate of drug-likeness (QED) is 0.0125. The smallest absolute Gasteiger partial charge is 0.258 e. The van der Waals surface area contributed by atoms with Gasteiger partial charge in [-0.3, -0.25) is 63.1 Å². The van der Waals surface area contributed by atoms with Crippen LogP contribution in [0, 0.1) is 0 Å². The van der Waals surface area contributed by atoms with Gasteiger partial charge in [-0.25, -0.2) is 0 Å². The van der Waals surface area contributed by atoms with Gasteiger partial charge < -0.3 is 93.0 Å². The first-order valence-corrected chi connectivity index (χ1v) is 30.5. The first-order chi connectivity index (χ1) is 44.0. The number of amides is 7. The van der Waals surface area contributed by atoms with Gasteiger partial charge >= 0.3 is 0 Å². The highest BCUT2D eigenvalue weighted by molar-refractivity contribution is 6.46. The summed E-state index contributed by atoms with van der Waals surface area (Å²) in [6.45, 7) is 9.36. The lowest BCUT2D eigenvalue weighted by atomic mass is 10.0. The Bertz CT molecular complexity index is 3140. The second-order valence-electron chi connectivity index (χ2n) is 20.6. The molecule has 0 fully saturated rings. The van der Waals surface area contributed by atoms with E-state index in [0.29, 0.717) is 35.1 Å². The van der Waals surface area contributed by atoms with Gasteiger partial charge in [-0.05, 0) is 123 Å². The van der Waals surface area contributed by atoms with Gasteiger partial charge in [0.25, 0.3) is 11.8 Å². The topological polar surface area (TPSA) is 528 Å². The highest BCUT2D eigenvalue weighted by Crippen LogP contribution is 2.37. The Morgan fingerprint density at radius 1 is 0.452 bits per heavy atom. The Hall–Kier alpha value is -9.39. The molecule has 0 radical (unpaired) electrons. The molecule has 0 saturated heterocycles. The van der Waals surface area contributed by atoms with E-state index in [1.807, 2.05) is 0 Å². The highest BCUT2D eigenvalue weighted by atomic mass is 35.5. The van der Waals surface area contributed by atoms with E-state index in [4.69, 9.17) is 107 Å². The Balaban J connectivity index is 1.86. The number of halogens is 4. The number of aliphatic imine (C=N–C) groups is 4. The highest BCUT2D eigenvalue weighted by Gasteiger charge is 2.30. The van der Waals surface area contributed by atoms with E-state index in [-0.39, 0.29) is 163 Å². The van der Waals surface area contributed by atoms with Crippen molar-refractivity contribution in [2.45, 2.75) is 115 Å². The predicted octanol–water partition coefficient (Wildman–Crippen LogP) is 1.24. The molecule has 3 aromatic rings. The summed E-state index contributed by atoms with van der Waals surface area (Å²) in [5.74, 6) is -7.27. The Morgan fingerprint density at radius 2 is 0.763 bits per heavy atom. The van der Waals surface area contributed by atoms with Crippen molar-refractivity contribution >= 4 is 123 Å².